The molecule has 0 spiro atoms. The molecule has 104 valence electrons. The Morgan fingerprint density at radius 3 is 2.84 bits per heavy atom. The monoisotopic (exact) mass is 326 g/mol. The van der Waals surface area contributed by atoms with Crippen LogP contribution in [0.15, 0.2) is 22.7 Å². The minimum Gasteiger partial charge on any atom is -0.271 e. The average molecular weight is 327 g/mol. The first kappa shape index (κ1) is 13.5. The molecule has 0 aliphatic heterocycles. The number of hydrogen-bond acceptors (Lipinski definition) is 2. The fraction of sp³-hybridized carbons (Fsp3) is 0.600. The van der Waals surface area contributed by atoms with Gasteiger partial charge >= 0.3 is 0 Å². The van der Waals surface area contributed by atoms with E-state index in [4.69, 9.17) is 5.84 Å². The Bertz CT molecular complexity index is 465. The molecule has 2 aliphatic carbocycles. The quantitative estimate of drug-likeness (QED) is 0.657. The van der Waals surface area contributed by atoms with Crippen molar-refractivity contribution < 1.29 is 4.39 Å². The van der Waals surface area contributed by atoms with Gasteiger partial charge in [-0.05, 0) is 71.0 Å². The highest BCUT2D eigenvalue weighted by molar-refractivity contribution is 9.10. The van der Waals surface area contributed by atoms with Crippen molar-refractivity contribution in [2.24, 2.45) is 23.6 Å². The van der Waals surface area contributed by atoms with Gasteiger partial charge in [0.25, 0.3) is 0 Å². The van der Waals surface area contributed by atoms with Gasteiger partial charge in [-0.2, -0.15) is 0 Å². The van der Waals surface area contributed by atoms with Crippen molar-refractivity contribution in [3.05, 3.63) is 34.1 Å². The molecule has 3 N–H and O–H groups in total. The van der Waals surface area contributed by atoms with Crippen molar-refractivity contribution >= 4 is 15.9 Å². The number of halogens is 2. The maximum absolute atomic E-state index is 13.6. The second kappa shape index (κ2) is 5.51. The molecule has 4 unspecified atom stereocenters. The third kappa shape index (κ3) is 2.58. The van der Waals surface area contributed by atoms with Crippen LogP contribution >= 0.6 is 15.9 Å². The zero-order valence-corrected chi connectivity index (χ0v) is 12.5. The van der Waals surface area contributed by atoms with Crippen molar-refractivity contribution in [1.82, 2.24) is 5.43 Å². The molecular formula is C15H20BrFN2. The highest BCUT2D eigenvalue weighted by atomic mass is 79.9. The zero-order valence-electron chi connectivity index (χ0n) is 10.9. The topological polar surface area (TPSA) is 38.0 Å². The molecule has 2 bridgehead atoms. The summed E-state index contributed by atoms with van der Waals surface area (Å²) in [7, 11) is 0. The molecule has 4 heteroatoms. The number of fused-ring (bicyclic) bond motifs is 2. The van der Waals surface area contributed by atoms with E-state index in [1.165, 1.54) is 31.7 Å². The summed E-state index contributed by atoms with van der Waals surface area (Å²) in [6.45, 7) is 0. The highest BCUT2D eigenvalue weighted by Gasteiger charge is 2.42. The fourth-order valence-corrected chi connectivity index (χ4v) is 4.49. The van der Waals surface area contributed by atoms with E-state index in [9.17, 15) is 4.39 Å². The van der Waals surface area contributed by atoms with Gasteiger partial charge in [0.1, 0.15) is 5.82 Å². The Morgan fingerprint density at radius 2 is 2.21 bits per heavy atom. The van der Waals surface area contributed by atoms with Crippen molar-refractivity contribution in [3.63, 3.8) is 0 Å². The summed E-state index contributed by atoms with van der Waals surface area (Å²) in [6, 6.07) is 5.48. The predicted molar refractivity (Wildman–Crippen MR) is 77.9 cm³/mol. The zero-order chi connectivity index (χ0) is 13.4. The molecule has 1 aromatic carbocycles. The van der Waals surface area contributed by atoms with Crippen LogP contribution in [0.4, 0.5) is 4.39 Å². The Kier molecular flexibility index (Phi) is 3.92. The minimum atomic E-state index is -0.193. The van der Waals surface area contributed by atoms with Crippen LogP contribution in [-0.2, 0) is 6.42 Å². The molecule has 2 aliphatic rings. The fourth-order valence-electron chi connectivity index (χ4n) is 4.06. The summed E-state index contributed by atoms with van der Waals surface area (Å²) >= 11 is 3.34. The lowest BCUT2D eigenvalue weighted by molar-refractivity contribution is 0.248. The summed E-state index contributed by atoms with van der Waals surface area (Å²) < 4.78 is 14.1. The van der Waals surface area contributed by atoms with Gasteiger partial charge in [-0.1, -0.05) is 18.6 Å². The second-order valence-corrected chi connectivity index (χ2v) is 6.82. The summed E-state index contributed by atoms with van der Waals surface area (Å²) in [5.74, 6) is 7.94. The normalized spacial score (nSPS) is 30.8. The van der Waals surface area contributed by atoms with Gasteiger partial charge in [-0.15, -0.1) is 0 Å². The molecule has 0 saturated heterocycles. The van der Waals surface area contributed by atoms with Crippen LogP contribution < -0.4 is 11.3 Å². The smallest absolute Gasteiger partial charge is 0.137 e. The van der Waals surface area contributed by atoms with Crippen LogP contribution in [-0.4, -0.2) is 6.04 Å². The molecule has 2 fully saturated rings. The molecule has 3 rings (SSSR count). The first-order chi connectivity index (χ1) is 9.19. The Morgan fingerprint density at radius 1 is 1.37 bits per heavy atom. The summed E-state index contributed by atoms with van der Waals surface area (Å²) in [6.07, 6.45) is 6.18. The number of rotatable bonds is 4. The molecule has 2 nitrogen and oxygen atoms in total. The van der Waals surface area contributed by atoms with E-state index in [2.05, 4.69) is 21.4 Å². The predicted octanol–water partition coefficient (Wildman–Crippen LogP) is 3.40. The third-order valence-corrected chi connectivity index (χ3v) is 5.88. The van der Waals surface area contributed by atoms with Crippen molar-refractivity contribution in [2.45, 2.75) is 38.1 Å². The number of nitrogens with two attached hydrogens (primary N) is 1. The Balaban J connectivity index is 1.75. The van der Waals surface area contributed by atoms with Gasteiger partial charge in [0.05, 0.1) is 4.47 Å². The lowest BCUT2D eigenvalue weighted by Gasteiger charge is -2.30. The summed E-state index contributed by atoms with van der Waals surface area (Å²) in [5.41, 5.74) is 3.99. The maximum atomic E-state index is 13.6. The summed E-state index contributed by atoms with van der Waals surface area (Å²) in [5, 5.41) is 0. The number of benzene rings is 1. The molecule has 2 saturated carbocycles. The van der Waals surface area contributed by atoms with Crippen LogP contribution in [0.5, 0.6) is 0 Å². The molecule has 0 aromatic heterocycles. The van der Waals surface area contributed by atoms with E-state index in [-0.39, 0.29) is 11.9 Å². The SMILES string of the molecule is NNC(Cc1cccc(F)c1Br)C1CC2CCC1C2. The first-order valence-electron chi connectivity index (χ1n) is 7.08. The number of nitrogens with one attached hydrogen (secondary N) is 1. The van der Waals surface area contributed by atoms with Crippen molar-refractivity contribution in [3.8, 4) is 0 Å². The largest absolute Gasteiger partial charge is 0.271 e. The van der Waals surface area contributed by atoms with Crippen LogP contribution in [0.3, 0.4) is 0 Å². The van der Waals surface area contributed by atoms with Crippen LogP contribution in [0, 0.1) is 23.6 Å². The lowest BCUT2D eigenvalue weighted by atomic mass is 9.81. The minimum absolute atomic E-state index is 0.193. The molecule has 4 atom stereocenters. The van der Waals surface area contributed by atoms with Gasteiger partial charge in [0.15, 0.2) is 0 Å². The standard InChI is InChI=1S/C15H20BrFN2/c16-15-11(2-1-3-13(15)17)8-14(19-18)12-7-9-4-5-10(12)6-9/h1-3,9-10,12,14,19H,4-8,18H2. The maximum Gasteiger partial charge on any atom is 0.137 e. The molecule has 0 radical (unpaired) electrons. The number of hydrogen-bond donors (Lipinski definition) is 2. The van der Waals surface area contributed by atoms with E-state index in [1.54, 1.807) is 6.07 Å². The Labute approximate surface area is 122 Å². The van der Waals surface area contributed by atoms with Gasteiger partial charge in [-0.3, -0.25) is 11.3 Å². The number of hydrazine groups is 1. The van der Waals surface area contributed by atoms with E-state index in [1.807, 2.05) is 6.07 Å². The highest BCUT2D eigenvalue weighted by Crippen LogP contribution is 2.49. The van der Waals surface area contributed by atoms with E-state index in [0.717, 1.165) is 23.8 Å². The van der Waals surface area contributed by atoms with Gasteiger partial charge < -0.3 is 0 Å². The van der Waals surface area contributed by atoms with Crippen molar-refractivity contribution in [2.75, 3.05) is 0 Å². The van der Waals surface area contributed by atoms with E-state index >= 15 is 0 Å². The van der Waals surface area contributed by atoms with E-state index < -0.39 is 0 Å². The van der Waals surface area contributed by atoms with Crippen LogP contribution in [0.2, 0.25) is 0 Å². The van der Waals surface area contributed by atoms with Crippen molar-refractivity contribution in [1.29, 1.82) is 0 Å². The van der Waals surface area contributed by atoms with Crippen LogP contribution in [0.25, 0.3) is 0 Å². The average Bonchev–Trinajstić information content (AvgIpc) is 3.03. The second-order valence-electron chi connectivity index (χ2n) is 6.03. The lowest BCUT2D eigenvalue weighted by Crippen LogP contribution is -2.44. The molecule has 1 aromatic rings. The molecule has 0 heterocycles. The molecule has 0 amide bonds. The Hall–Kier alpha value is -0.450. The van der Waals surface area contributed by atoms with Gasteiger partial charge in [0.2, 0.25) is 0 Å². The van der Waals surface area contributed by atoms with E-state index in [0.29, 0.717) is 10.4 Å². The first-order valence-corrected chi connectivity index (χ1v) is 7.87. The van der Waals surface area contributed by atoms with Crippen LogP contribution in [0.1, 0.15) is 31.2 Å². The van der Waals surface area contributed by atoms with Gasteiger partial charge in [-0.25, -0.2) is 4.39 Å². The van der Waals surface area contributed by atoms with Gasteiger partial charge in [0, 0.05) is 6.04 Å². The molecule has 19 heavy (non-hydrogen) atoms. The third-order valence-electron chi connectivity index (χ3n) is 5.00. The summed E-state index contributed by atoms with van der Waals surface area (Å²) in [4.78, 5) is 0. The molecular weight excluding hydrogens is 307 g/mol.